The number of methoxy groups -OCH3 is 3. The van der Waals surface area contributed by atoms with Crippen LogP contribution in [0, 0.1) is 0 Å². The predicted octanol–water partition coefficient (Wildman–Crippen LogP) is 2.54. The van der Waals surface area contributed by atoms with Crippen LogP contribution in [0.4, 0.5) is 0 Å². The van der Waals surface area contributed by atoms with Crippen molar-refractivity contribution in [2.24, 2.45) is 0 Å². The molecule has 0 amide bonds. The molecule has 0 radical (unpaired) electrons. The first-order valence-corrected chi connectivity index (χ1v) is 5.96. The Labute approximate surface area is 111 Å². The number of hydrogen-bond donors (Lipinski definition) is 0. The third-order valence-electron chi connectivity index (χ3n) is 2.33. The zero-order valence-corrected chi connectivity index (χ0v) is 12.4. The van der Waals surface area contributed by atoms with Gasteiger partial charge in [-0.3, -0.25) is 0 Å². The van der Waals surface area contributed by atoms with Crippen molar-refractivity contribution in [1.82, 2.24) is 4.90 Å². The molecule has 0 aromatic heterocycles. The van der Waals surface area contributed by atoms with Crippen LogP contribution in [0.3, 0.4) is 0 Å². The zero-order valence-electron chi connectivity index (χ0n) is 10.8. The van der Waals surface area contributed by atoms with Crippen LogP contribution in [0.5, 0.6) is 17.2 Å². The lowest BCUT2D eigenvalue weighted by molar-refractivity contribution is 0.320. The second kappa shape index (κ2) is 6.12. The molecule has 0 spiro atoms. The predicted molar refractivity (Wildman–Crippen MR) is 71.2 cm³/mol. The Hall–Kier alpha value is -0.940. The molecule has 0 aliphatic carbocycles. The standard InChI is InChI=1S/C12H18BrNO3/c1-14(2)7-8-6-9(15-3)11(16-4)12(17-5)10(8)13/h6H,7H2,1-5H3. The Kier molecular flexibility index (Phi) is 5.08. The minimum Gasteiger partial charge on any atom is -0.493 e. The molecule has 5 heteroatoms. The van der Waals surface area contributed by atoms with Gasteiger partial charge in [-0.05, 0) is 41.7 Å². The minimum atomic E-state index is 0.601. The van der Waals surface area contributed by atoms with Gasteiger partial charge in [0.15, 0.2) is 11.5 Å². The van der Waals surface area contributed by atoms with Crippen LogP contribution in [0.2, 0.25) is 0 Å². The van der Waals surface area contributed by atoms with Crippen molar-refractivity contribution in [3.63, 3.8) is 0 Å². The van der Waals surface area contributed by atoms with E-state index < -0.39 is 0 Å². The van der Waals surface area contributed by atoms with Gasteiger partial charge in [0.1, 0.15) is 0 Å². The Bertz CT molecular complexity index is 394. The zero-order chi connectivity index (χ0) is 13.0. The van der Waals surface area contributed by atoms with Crippen molar-refractivity contribution in [2.75, 3.05) is 35.4 Å². The monoisotopic (exact) mass is 303 g/mol. The summed E-state index contributed by atoms with van der Waals surface area (Å²) in [5.74, 6) is 1.93. The van der Waals surface area contributed by atoms with Crippen LogP contribution in [-0.4, -0.2) is 40.3 Å². The molecule has 1 aromatic carbocycles. The molecule has 0 heterocycles. The van der Waals surface area contributed by atoms with Gasteiger partial charge in [-0.15, -0.1) is 0 Å². The smallest absolute Gasteiger partial charge is 0.204 e. The van der Waals surface area contributed by atoms with Gasteiger partial charge in [0.05, 0.1) is 25.8 Å². The maximum absolute atomic E-state index is 5.36. The molecule has 0 atom stereocenters. The van der Waals surface area contributed by atoms with Crippen molar-refractivity contribution in [2.45, 2.75) is 6.54 Å². The van der Waals surface area contributed by atoms with E-state index in [1.165, 1.54) is 0 Å². The largest absolute Gasteiger partial charge is 0.493 e. The summed E-state index contributed by atoms with van der Waals surface area (Å²) < 4.78 is 16.9. The normalized spacial score (nSPS) is 10.5. The highest BCUT2D eigenvalue weighted by atomic mass is 79.9. The molecule has 96 valence electrons. The number of ether oxygens (including phenoxy) is 3. The van der Waals surface area contributed by atoms with Gasteiger partial charge < -0.3 is 19.1 Å². The average Bonchev–Trinajstić information content (AvgIpc) is 2.30. The maximum Gasteiger partial charge on any atom is 0.204 e. The molecule has 1 rings (SSSR count). The summed E-state index contributed by atoms with van der Waals surface area (Å²) in [4.78, 5) is 2.07. The van der Waals surface area contributed by atoms with Crippen LogP contribution >= 0.6 is 15.9 Å². The van der Waals surface area contributed by atoms with Crippen LogP contribution < -0.4 is 14.2 Å². The number of halogens is 1. The molecular weight excluding hydrogens is 286 g/mol. The highest BCUT2D eigenvalue weighted by Crippen LogP contribution is 2.44. The molecule has 4 nitrogen and oxygen atoms in total. The lowest BCUT2D eigenvalue weighted by atomic mass is 10.1. The molecule has 0 aliphatic heterocycles. The molecule has 0 aliphatic rings. The Morgan fingerprint density at radius 3 is 2.06 bits per heavy atom. The fraction of sp³-hybridized carbons (Fsp3) is 0.500. The van der Waals surface area contributed by atoms with Gasteiger partial charge >= 0.3 is 0 Å². The van der Waals surface area contributed by atoms with Crippen molar-refractivity contribution in [3.8, 4) is 17.2 Å². The number of benzene rings is 1. The van der Waals surface area contributed by atoms with Crippen LogP contribution in [-0.2, 0) is 6.54 Å². The van der Waals surface area contributed by atoms with Gasteiger partial charge in [0, 0.05) is 6.54 Å². The number of rotatable bonds is 5. The van der Waals surface area contributed by atoms with Crippen LogP contribution in [0.25, 0.3) is 0 Å². The first kappa shape index (κ1) is 14.1. The summed E-state index contributed by atoms with van der Waals surface area (Å²) in [6, 6.07) is 1.95. The van der Waals surface area contributed by atoms with Crippen molar-refractivity contribution < 1.29 is 14.2 Å². The summed E-state index contributed by atoms with van der Waals surface area (Å²) >= 11 is 3.54. The van der Waals surface area contributed by atoms with E-state index in [0.29, 0.717) is 17.2 Å². The Morgan fingerprint density at radius 2 is 1.65 bits per heavy atom. The first-order chi connectivity index (χ1) is 8.04. The SMILES string of the molecule is COc1cc(CN(C)C)c(Br)c(OC)c1OC. The van der Waals surface area contributed by atoms with Crippen molar-refractivity contribution >= 4 is 15.9 Å². The Balaban J connectivity index is 3.34. The molecule has 17 heavy (non-hydrogen) atoms. The number of hydrogen-bond acceptors (Lipinski definition) is 4. The van der Waals surface area contributed by atoms with E-state index in [2.05, 4.69) is 20.8 Å². The van der Waals surface area contributed by atoms with Crippen molar-refractivity contribution in [3.05, 3.63) is 16.1 Å². The summed E-state index contributed by atoms with van der Waals surface area (Å²) in [5.41, 5.74) is 1.09. The second-order valence-electron chi connectivity index (χ2n) is 3.86. The third-order valence-corrected chi connectivity index (χ3v) is 3.20. The molecule has 0 unspecified atom stereocenters. The van der Waals surface area contributed by atoms with E-state index in [4.69, 9.17) is 14.2 Å². The van der Waals surface area contributed by atoms with E-state index in [-0.39, 0.29) is 0 Å². The van der Waals surface area contributed by atoms with Crippen molar-refractivity contribution in [1.29, 1.82) is 0 Å². The van der Waals surface area contributed by atoms with E-state index in [1.807, 2.05) is 20.2 Å². The quantitative estimate of drug-likeness (QED) is 0.836. The fourth-order valence-corrected chi connectivity index (χ4v) is 2.21. The van der Waals surface area contributed by atoms with Gasteiger partial charge in [-0.25, -0.2) is 0 Å². The van der Waals surface area contributed by atoms with Crippen LogP contribution in [0.1, 0.15) is 5.56 Å². The minimum absolute atomic E-state index is 0.601. The van der Waals surface area contributed by atoms with Gasteiger partial charge in [-0.2, -0.15) is 0 Å². The topological polar surface area (TPSA) is 30.9 Å². The summed E-state index contributed by atoms with van der Waals surface area (Å²) in [6.07, 6.45) is 0. The lowest BCUT2D eigenvalue weighted by Crippen LogP contribution is -2.12. The first-order valence-electron chi connectivity index (χ1n) is 5.17. The van der Waals surface area contributed by atoms with E-state index in [1.54, 1.807) is 21.3 Å². The van der Waals surface area contributed by atoms with Gasteiger partial charge in [0.25, 0.3) is 0 Å². The molecule has 1 aromatic rings. The molecule has 0 bridgehead atoms. The van der Waals surface area contributed by atoms with E-state index in [0.717, 1.165) is 16.6 Å². The summed E-state index contributed by atoms with van der Waals surface area (Å²) in [7, 11) is 8.84. The molecular formula is C12H18BrNO3. The van der Waals surface area contributed by atoms with Gasteiger partial charge in [0.2, 0.25) is 5.75 Å². The van der Waals surface area contributed by atoms with Crippen LogP contribution in [0.15, 0.2) is 10.5 Å². The van der Waals surface area contributed by atoms with E-state index >= 15 is 0 Å². The third kappa shape index (κ3) is 3.04. The molecule has 0 fully saturated rings. The highest BCUT2D eigenvalue weighted by molar-refractivity contribution is 9.10. The molecule has 0 N–H and O–H groups in total. The Morgan fingerprint density at radius 1 is 1.06 bits per heavy atom. The second-order valence-corrected chi connectivity index (χ2v) is 4.65. The highest BCUT2D eigenvalue weighted by Gasteiger charge is 2.18. The maximum atomic E-state index is 5.36. The summed E-state index contributed by atoms with van der Waals surface area (Å²) in [6.45, 7) is 0.789. The molecule has 0 saturated heterocycles. The van der Waals surface area contributed by atoms with E-state index in [9.17, 15) is 0 Å². The average molecular weight is 304 g/mol. The number of nitrogens with zero attached hydrogens (tertiary/aromatic N) is 1. The molecule has 0 saturated carbocycles. The lowest BCUT2D eigenvalue weighted by Gasteiger charge is -2.18. The summed E-state index contributed by atoms with van der Waals surface area (Å²) in [5, 5.41) is 0. The fourth-order valence-electron chi connectivity index (χ4n) is 1.63. The van der Waals surface area contributed by atoms with Gasteiger partial charge in [-0.1, -0.05) is 0 Å².